The number of phenols is 1. The molecule has 0 aliphatic rings. The number of phenolic OH excluding ortho intramolecular Hbond substituents is 1. The van der Waals surface area contributed by atoms with Crippen molar-refractivity contribution < 1.29 is 14.2 Å². The Hall–Kier alpha value is -2.07. The average molecular weight is 275 g/mol. The van der Waals surface area contributed by atoms with Crippen LogP contribution in [-0.4, -0.2) is 12.2 Å². The Bertz CT molecular complexity index is 569. The van der Waals surface area contributed by atoms with E-state index in [9.17, 15) is 9.50 Å². The molecule has 0 fully saturated rings. The number of ether oxygens (including phenoxy) is 1. The van der Waals surface area contributed by atoms with Crippen molar-refractivity contribution in [2.75, 3.05) is 7.11 Å². The summed E-state index contributed by atoms with van der Waals surface area (Å²) in [4.78, 5) is 0. The summed E-state index contributed by atoms with van der Waals surface area (Å²) in [6.07, 6.45) is 0. The second-order valence-corrected chi connectivity index (χ2v) is 4.66. The summed E-state index contributed by atoms with van der Waals surface area (Å²) in [5.74, 6) is 0.350. The fourth-order valence-electron chi connectivity index (χ4n) is 1.99. The zero-order chi connectivity index (χ0) is 14.5. The summed E-state index contributed by atoms with van der Waals surface area (Å²) in [7, 11) is 1.52. The van der Waals surface area contributed by atoms with Gasteiger partial charge in [-0.1, -0.05) is 18.2 Å². The van der Waals surface area contributed by atoms with Crippen LogP contribution in [0.3, 0.4) is 0 Å². The lowest BCUT2D eigenvalue weighted by atomic mass is 10.1. The van der Waals surface area contributed by atoms with E-state index in [1.54, 1.807) is 24.3 Å². The molecule has 20 heavy (non-hydrogen) atoms. The zero-order valence-corrected chi connectivity index (χ0v) is 11.6. The molecule has 0 radical (unpaired) electrons. The SMILES string of the molecule is COc1ccc(CN[C@H](C)c2ccc(F)cc2)cc1O. The van der Waals surface area contributed by atoms with Crippen LogP contribution in [-0.2, 0) is 6.54 Å². The maximum atomic E-state index is 12.9. The average Bonchev–Trinajstić information content (AvgIpc) is 2.45. The van der Waals surface area contributed by atoms with Gasteiger partial charge in [0, 0.05) is 12.6 Å². The molecular formula is C16H18FNO2. The quantitative estimate of drug-likeness (QED) is 0.879. The minimum absolute atomic E-state index is 0.0971. The molecule has 0 aliphatic heterocycles. The molecule has 0 heterocycles. The highest BCUT2D eigenvalue weighted by atomic mass is 19.1. The lowest BCUT2D eigenvalue weighted by Crippen LogP contribution is -2.18. The number of hydrogen-bond acceptors (Lipinski definition) is 3. The van der Waals surface area contributed by atoms with Crippen LogP contribution in [0.2, 0.25) is 0 Å². The van der Waals surface area contributed by atoms with Gasteiger partial charge in [-0.2, -0.15) is 0 Å². The van der Waals surface area contributed by atoms with E-state index in [-0.39, 0.29) is 17.6 Å². The van der Waals surface area contributed by atoms with Crippen LogP contribution in [0.4, 0.5) is 4.39 Å². The van der Waals surface area contributed by atoms with Crippen molar-refractivity contribution in [1.29, 1.82) is 0 Å². The van der Waals surface area contributed by atoms with Gasteiger partial charge in [0.05, 0.1) is 7.11 Å². The molecule has 1 atom stereocenters. The molecule has 0 spiro atoms. The van der Waals surface area contributed by atoms with Crippen LogP contribution in [0.5, 0.6) is 11.5 Å². The van der Waals surface area contributed by atoms with E-state index in [2.05, 4.69) is 5.32 Å². The fourth-order valence-corrected chi connectivity index (χ4v) is 1.99. The van der Waals surface area contributed by atoms with E-state index in [1.807, 2.05) is 13.0 Å². The van der Waals surface area contributed by atoms with Crippen molar-refractivity contribution in [3.63, 3.8) is 0 Å². The molecule has 106 valence electrons. The van der Waals surface area contributed by atoms with Crippen molar-refractivity contribution in [1.82, 2.24) is 5.32 Å². The Morgan fingerprint density at radius 2 is 1.90 bits per heavy atom. The maximum Gasteiger partial charge on any atom is 0.160 e. The van der Waals surface area contributed by atoms with Crippen LogP contribution in [0, 0.1) is 5.82 Å². The number of aromatic hydroxyl groups is 1. The van der Waals surface area contributed by atoms with Crippen molar-refractivity contribution >= 4 is 0 Å². The molecule has 4 heteroatoms. The largest absolute Gasteiger partial charge is 0.504 e. The van der Waals surface area contributed by atoms with Crippen molar-refractivity contribution in [2.45, 2.75) is 19.5 Å². The molecule has 0 bridgehead atoms. The standard InChI is InChI=1S/C16H18FNO2/c1-11(13-4-6-14(17)7-5-13)18-10-12-3-8-16(20-2)15(19)9-12/h3-9,11,18-19H,10H2,1-2H3/t11-/m1/s1. The molecule has 2 rings (SSSR count). The predicted molar refractivity (Wildman–Crippen MR) is 76.3 cm³/mol. The van der Waals surface area contributed by atoms with Gasteiger partial charge in [0.2, 0.25) is 0 Å². The first kappa shape index (κ1) is 14.3. The maximum absolute atomic E-state index is 12.9. The van der Waals surface area contributed by atoms with Crippen molar-refractivity contribution in [3.8, 4) is 11.5 Å². The second kappa shape index (κ2) is 6.39. The molecule has 0 saturated heterocycles. The van der Waals surface area contributed by atoms with Gasteiger partial charge in [-0.25, -0.2) is 4.39 Å². The van der Waals surface area contributed by atoms with Crippen LogP contribution < -0.4 is 10.1 Å². The van der Waals surface area contributed by atoms with E-state index in [4.69, 9.17) is 4.74 Å². The number of nitrogens with one attached hydrogen (secondary N) is 1. The van der Waals surface area contributed by atoms with Gasteiger partial charge in [-0.15, -0.1) is 0 Å². The third-order valence-corrected chi connectivity index (χ3v) is 3.23. The smallest absolute Gasteiger partial charge is 0.160 e. The lowest BCUT2D eigenvalue weighted by molar-refractivity contribution is 0.373. The Morgan fingerprint density at radius 1 is 1.20 bits per heavy atom. The van der Waals surface area contributed by atoms with Crippen molar-refractivity contribution in [2.24, 2.45) is 0 Å². The van der Waals surface area contributed by atoms with E-state index in [0.29, 0.717) is 12.3 Å². The third kappa shape index (κ3) is 3.48. The third-order valence-electron chi connectivity index (χ3n) is 3.23. The Labute approximate surface area is 118 Å². The van der Waals surface area contributed by atoms with Gasteiger partial charge >= 0.3 is 0 Å². The van der Waals surface area contributed by atoms with Crippen molar-refractivity contribution in [3.05, 3.63) is 59.4 Å². The van der Waals surface area contributed by atoms with Gasteiger partial charge in [0.15, 0.2) is 11.5 Å². The van der Waals surface area contributed by atoms with E-state index in [1.165, 1.54) is 19.2 Å². The summed E-state index contributed by atoms with van der Waals surface area (Å²) in [6, 6.07) is 11.8. The molecule has 2 aromatic rings. The molecule has 0 amide bonds. The summed E-state index contributed by atoms with van der Waals surface area (Å²) in [6.45, 7) is 2.62. The highest BCUT2D eigenvalue weighted by Crippen LogP contribution is 2.26. The molecule has 0 aromatic heterocycles. The summed E-state index contributed by atoms with van der Waals surface area (Å²) >= 11 is 0. The zero-order valence-electron chi connectivity index (χ0n) is 11.6. The van der Waals surface area contributed by atoms with Crippen LogP contribution in [0.15, 0.2) is 42.5 Å². The van der Waals surface area contributed by atoms with E-state index in [0.717, 1.165) is 11.1 Å². The minimum Gasteiger partial charge on any atom is -0.504 e. The highest BCUT2D eigenvalue weighted by Gasteiger charge is 2.06. The van der Waals surface area contributed by atoms with Crippen LogP contribution in [0.25, 0.3) is 0 Å². The lowest BCUT2D eigenvalue weighted by Gasteiger charge is -2.15. The van der Waals surface area contributed by atoms with E-state index < -0.39 is 0 Å². The number of rotatable bonds is 5. The summed E-state index contributed by atoms with van der Waals surface area (Å²) < 4.78 is 17.9. The van der Waals surface area contributed by atoms with Crippen LogP contribution in [0.1, 0.15) is 24.1 Å². The normalized spacial score (nSPS) is 12.2. The molecule has 2 aromatic carbocycles. The summed E-state index contributed by atoms with van der Waals surface area (Å²) in [5.41, 5.74) is 1.97. The number of methoxy groups -OCH3 is 1. The molecule has 2 N–H and O–H groups in total. The molecule has 0 saturated carbocycles. The first-order valence-electron chi connectivity index (χ1n) is 6.45. The Kier molecular flexibility index (Phi) is 4.58. The number of hydrogen-bond donors (Lipinski definition) is 2. The topological polar surface area (TPSA) is 41.5 Å². The Morgan fingerprint density at radius 3 is 2.50 bits per heavy atom. The van der Waals surface area contributed by atoms with Crippen LogP contribution >= 0.6 is 0 Å². The van der Waals surface area contributed by atoms with Gasteiger partial charge in [0.1, 0.15) is 5.82 Å². The molecule has 0 unspecified atom stereocenters. The first-order chi connectivity index (χ1) is 9.60. The Balaban J connectivity index is 1.97. The van der Waals surface area contributed by atoms with Gasteiger partial charge in [-0.05, 0) is 42.3 Å². The van der Waals surface area contributed by atoms with Gasteiger partial charge < -0.3 is 15.2 Å². The monoisotopic (exact) mass is 275 g/mol. The highest BCUT2D eigenvalue weighted by molar-refractivity contribution is 5.41. The number of halogens is 1. The fraction of sp³-hybridized carbons (Fsp3) is 0.250. The first-order valence-corrected chi connectivity index (χ1v) is 6.45. The number of benzene rings is 2. The van der Waals surface area contributed by atoms with Gasteiger partial charge in [-0.3, -0.25) is 0 Å². The predicted octanol–water partition coefficient (Wildman–Crippen LogP) is 3.39. The summed E-state index contributed by atoms with van der Waals surface area (Å²) in [5, 5.41) is 13.0. The van der Waals surface area contributed by atoms with E-state index >= 15 is 0 Å². The molecule has 3 nitrogen and oxygen atoms in total. The second-order valence-electron chi connectivity index (χ2n) is 4.66. The molecule has 0 aliphatic carbocycles. The molecular weight excluding hydrogens is 257 g/mol. The van der Waals surface area contributed by atoms with Gasteiger partial charge in [0.25, 0.3) is 0 Å². The minimum atomic E-state index is -0.235.